The molecular formula is C18H21FN2O4. The summed E-state index contributed by atoms with van der Waals surface area (Å²) in [6, 6.07) is 6.32. The number of ether oxygens (including phenoxy) is 1. The molecule has 0 spiro atoms. The Balaban J connectivity index is 1.41. The van der Waals surface area contributed by atoms with Gasteiger partial charge in [-0.3, -0.25) is 9.59 Å². The number of carbonyl (C=O) groups is 2. The second-order valence-electron chi connectivity index (χ2n) is 6.97. The van der Waals surface area contributed by atoms with Crippen LogP contribution in [0.3, 0.4) is 0 Å². The average Bonchev–Trinajstić information content (AvgIpc) is 3.23. The van der Waals surface area contributed by atoms with E-state index in [4.69, 9.17) is 4.74 Å². The first kappa shape index (κ1) is 16.3. The molecule has 0 saturated carbocycles. The fraction of sp³-hybridized carbons (Fsp3) is 0.556. The van der Waals surface area contributed by atoms with Crippen LogP contribution in [0, 0.1) is 17.7 Å². The molecule has 0 unspecified atom stereocenters. The van der Waals surface area contributed by atoms with E-state index in [2.05, 4.69) is 4.90 Å². The summed E-state index contributed by atoms with van der Waals surface area (Å²) in [5.74, 6) is -2.59. The van der Waals surface area contributed by atoms with Crippen molar-refractivity contribution in [2.75, 3.05) is 31.1 Å². The zero-order chi connectivity index (χ0) is 17.6. The maximum atomic E-state index is 13.0. The van der Waals surface area contributed by atoms with E-state index in [1.807, 2.05) is 0 Å². The lowest BCUT2D eigenvalue weighted by atomic mass is 9.78. The van der Waals surface area contributed by atoms with Gasteiger partial charge in [0.25, 0.3) is 0 Å². The summed E-state index contributed by atoms with van der Waals surface area (Å²) < 4.78 is 18.7. The minimum atomic E-state index is -0.935. The van der Waals surface area contributed by atoms with Gasteiger partial charge in [-0.05, 0) is 37.1 Å². The summed E-state index contributed by atoms with van der Waals surface area (Å²) in [5, 5.41) is 9.48. The SMILES string of the molecule is O=C(O)[C@H]1[C@H](C(=O)N2CCN(c3ccc(F)cc3)CC2)[C@H]2CC[C@H]1O2. The number of hydrogen-bond donors (Lipinski definition) is 1. The predicted octanol–water partition coefficient (Wildman–Crippen LogP) is 1.35. The third-order valence-electron chi connectivity index (χ3n) is 5.63. The fourth-order valence-electron chi connectivity index (χ4n) is 4.35. The number of rotatable bonds is 3. The van der Waals surface area contributed by atoms with Crippen molar-refractivity contribution in [1.29, 1.82) is 0 Å². The Morgan fingerprint density at radius 3 is 2.20 bits per heavy atom. The summed E-state index contributed by atoms with van der Waals surface area (Å²) >= 11 is 0. The number of carboxylic acids is 1. The average molecular weight is 348 g/mol. The lowest BCUT2D eigenvalue weighted by molar-refractivity contribution is -0.151. The van der Waals surface area contributed by atoms with Crippen molar-refractivity contribution in [2.24, 2.45) is 11.8 Å². The maximum absolute atomic E-state index is 13.0. The van der Waals surface area contributed by atoms with E-state index in [1.165, 1.54) is 12.1 Å². The van der Waals surface area contributed by atoms with Gasteiger partial charge in [0.15, 0.2) is 0 Å². The molecule has 0 aromatic heterocycles. The van der Waals surface area contributed by atoms with Gasteiger partial charge < -0.3 is 19.6 Å². The molecule has 0 radical (unpaired) electrons. The Kier molecular flexibility index (Phi) is 4.11. The highest BCUT2D eigenvalue weighted by Gasteiger charge is 2.56. The Labute approximate surface area is 145 Å². The predicted molar refractivity (Wildman–Crippen MR) is 87.7 cm³/mol. The van der Waals surface area contributed by atoms with E-state index in [1.54, 1.807) is 17.0 Å². The van der Waals surface area contributed by atoms with Gasteiger partial charge in [0.2, 0.25) is 5.91 Å². The third-order valence-corrected chi connectivity index (χ3v) is 5.63. The molecule has 134 valence electrons. The lowest BCUT2D eigenvalue weighted by Crippen LogP contribution is -2.53. The molecule has 3 aliphatic heterocycles. The van der Waals surface area contributed by atoms with Gasteiger partial charge in [-0.15, -0.1) is 0 Å². The summed E-state index contributed by atoms with van der Waals surface area (Å²) in [4.78, 5) is 28.3. The van der Waals surface area contributed by atoms with Crippen LogP contribution in [0.5, 0.6) is 0 Å². The number of halogens is 1. The Bertz CT molecular complexity index is 672. The normalized spacial score (nSPS) is 31.4. The van der Waals surface area contributed by atoms with E-state index >= 15 is 0 Å². The smallest absolute Gasteiger partial charge is 0.310 e. The van der Waals surface area contributed by atoms with Crippen LogP contribution in [0.25, 0.3) is 0 Å². The first-order valence-corrected chi connectivity index (χ1v) is 8.72. The zero-order valence-electron chi connectivity index (χ0n) is 13.8. The molecular weight excluding hydrogens is 327 g/mol. The topological polar surface area (TPSA) is 70.1 Å². The quantitative estimate of drug-likeness (QED) is 0.893. The molecule has 1 N–H and O–H groups in total. The van der Waals surface area contributed by atoms with E-state index in [0.29, 0.717) is 26.2 Å². The number of anilines is 1. The fourth-order valence-corrected chi connectivity index (χ4v) is 4.35. The van der Waals surface area contributed by atoms with Crippen molar-refractivity contribution in [3.63, 3.8) is 0 Å². The molecule has 2 bridgehead atoms. The first-order valence-electron chi connectivity index (χ1n) is 8.72. The molecule has 3 aliphatic rings. The number of nitrogens with zero attached hydrogens (tertiary/aromatic N) is 2. The second kappa shape index (κ2) is 6.29. The molecule has 1 amide bonds. The largest absolute Gasteiger partial charge is 0.481 e. The molecule has 1 aromatic carbocycles. The van der Waals surface area contributed by atoms with E-state index < -0.39 is 17.8 Å². The Morgan fingerprint density at radius 2 is 1.60 bits per heavy atom. The van der Waals surface area contributed by atoms with Crippen LogP contribution in [0.15, 0.2) is 24.3 Å². The number of carboxylic acid groups (broad SMARTS) is 1. The monoisotopic (exact) mass is 348 g/mol. The number of hydrogen-bond acceptors (Lipinski definition) is 4. The van der Waals surface area contributed by atoms with Crippen molar-refractivity contribution in [3.8, 4) is 0 Å². The van der Waals surface area contributed by atoms with Crippen LogP contribution in [0.1, 0.15) is 12.8 Å². The third kappa shape index (κ3) is 2.86. The van der Waals surface area contributed by atoms with Crippen molar-refractivity contribution in [3.05, 3.63) is 30.1 Å². The van der Waals surface area contributed by atoms with E-state index in [0.717, 1.165) is 18.5 Å². The number of piperazine rings is 1. The van der Waals surface area contributed by atoms with Crippen molar-refractivity contribution >= 4 is 17.6 Å². The molecule has 3 heterocycles. The van der Waals surface area contributed by atoms with Crippen molar-refractivity contribution in [2.45, 2.75) is 25.0 Å². The summed E-state index contributed by atoms with van der Waals surface area (Å²) in [7, 11) is 0. The summed E-state index contributed by atoms with van der Waals surface area (Å²) in [6.45, 7) is 2.38. The van der Waals surface area contributed by atoms with Gasteiger partial charge in [-0.1, -0.05) is 0 Å². The number of fused-ring (bicyclic) bond motifs is 2. The van der Waals surface area contributed by atoms with E-state index in [-0.39, 0.29) is 23.9 Å². The van der Waals surface area contributed by atoms with Crippen LogP contribution in [-0.2, 0) is 14.3 Å². The second-order valence-corrected chi connectivity index (χ2v) is 6.97. The maximum Gasteiger partial charge on any atom is 0.310 e. The van der Waals surface area contributed by atoms with E-state index in [9.17, 15) is 19.1 Å². The van der Waals surface area contributed by atoms with Gasteiger partial charge in [0.1, 0.15) is 5.82 Å². The van der Waals surface area contributed by atoms with Gasteiger partial charge in [-0.2, -0.15) is 0 Å². The molecule has 25 heavy (non-hydrogen) atoms. The van der Waals surface area contributed by atoms with Crippen LogP contribution < -0.4 is 4.90 Å². The minimum Gasteiger partial charge on any atom is -0.481 e. The highest BCUT2D eigenvalue weighted by atomic mass is 19.1. The highest BCUT2D eigenvalue weighted by Crippen LogP contribution is 2.44. The zero-order valence-corrected chi connectivity index (χ0v) is 13.8. The summed E-state index contributed by atoms with van der Waals surface area (Å²) in [6.07, 6.45) is 0.912. The molecule has 4 rings (SSSR count). The van der Waals surface area contributed by atoms with Gasteiger partial charge >= 0.3 is 5.97 Å². The van der Waals surface area contributed by atoms with Crippen LogP contribution in [-0.4, -0.2) is 60.3 Å². The summed E-state index contributed by atoms with van der Waals surface area (Å²) in [5.41, 5.74) is 0.931. The van der Waals surface area contributed by atoms with Crippen LogP contribution in [0.4, 0.5) is 10.1 Å². The van der Waals surface area contributed by atoms with Crippen LogP contribution >= 0.6 is 0 Å². The Morgan fingerprint density at radius 1 is 1.00 bits per heavy atom. The molecule has 1 aromatic rings. The standard InChI is InChI=1S/C18H21FN2O4/c19-11-1-3-12(4-2-11)20-7-9-21(10-8-20)17(22)15-13-5-6-14(25-13)16(15)18(23)24/h1-4,13-16H,5-10H2,(H,23,24)/t13-,14-,15-,16-/m1/s1. The minimum absolute atomic E-state index is 0.0987. The lowest BCUT2D eigenvalue weighted by Gasteiger charge is -2.38. The van der Waals surface area contributed by atoms with Crippen molar-refractivity contribution < 1.29 is 23.8 Å². The number of aliphatic carboxylic acids is 1. The number of amides is 1. The molecule has 7 heteroatoms. The Hall–Kier alpha value is -2.15. The molecule has 3 fully saturated rings. The highest BCUT2D eigenvalue weighted by molar-refractivity contribution is 5.86. The number of carbonyl (C=O) groups excluding carboxylic acids is 1. The van der Waals surface area contributed by atoms with Crippen LogP contribution in [0.2, 0.25) is 0 Å². The van der Waals surface area contributed by atoms with Gasteiger partial charge in [0.05, 0.1) is 24.0 Å². The molecule has 4 atom stereocenters. The molecule has 6 nitrogen and oxygen atoms in total. The van der Waals surface area contributed by atoms with Gasteiger partial charge in [-0.25, -0.2) is 4.39 Å². The molecule has 0 aliphatic carbocycles. The van der Waals surface area contributed by atoms with Crippen molar-refractivity contribution in [1.82, 2.24) is 4.90 Å². The first-order chi connectivity index (χ1) is 12.0. The van der Waals surface area contributed by atoms with Gasteiger partial charge in [0, 0.05) is 31.9 Å². The molecule has 3 saturated heterocycles. The number of benzene rings is 1.